The zero-order chi connectivity index (χ0) is 21.6. The van der Waals surface area contributed by atoms with Crippen LogP contribution < -0.4 is 14.2 Å². The van der Waals surface area contributed by atoms with Gasteiger partial charge < -0.3 is 14.2 Å². The molecule has 0 aliphatic rings. The molecule has 5 heteroatoms. The molecule has 0 saturated heterocycles. The summed E-state index contributed by atoms with van der Waals surface area (Å²) in [4.78, 5) is 17.3. The number of ketones is 1. The molecule has 1 aromatic heterocycles. The predicted molar refractivity (Wildman–Crippen MR) is 121 cm³/mol. The van der Waals surface area contributed by atoms with E-state index in [1.165, 1.54) is 0 Å². The lowest BCUT2D eigenvalue weighted by atomic mass is 10.1. The number of pyridine rings is 1. The molecule has 1 heterocycles. The van der Waals surface area contributed by atoms with Gasteiger partial charge in [0.1, 0.15) is 11.5 Å². The van der Waals surface area contributed by atoms with Crippen molar-refractivity contribution in [3.63, 3.8) is 0 Å². The third kappa shape index (κ3) is 4.41. The van der Waals surface area contributed by atoms with Crippen LogP contribution in [0.1, 0.15) is 15.9 Å². The lowest BCUT2D eigenvalue weighted by Crippen LogP contribution is -1.99. The van der Waals surface area contributed by atoms with E-state index < -0.39 is 0 Å². The van der Waals surface area contributed by atoms with Gasteiger partial charge in [0.2, 0.25) is 0 Å². The molecule has 0 spiro atoms. The maximum Gasteiger partial charge on any atom is 0.189 e. The number of para-hydroxylation sites is 1. The van der Waals surface area contributed by atoms with E-state index >= 15 is 0 Å². The van der Waals surface area contributed by atoms with E-state index in [4.69, 9.17) is 14.2 Å². The zero-order valence-electron chi connectivity index (χ0n) is 17.2. The van der Waals surface area contributed by atoms with Crippen LogP contribution in [0.3, 0.4) is 0 Å². The fraction of sp³-hybridized carbons (Fsp3) is 0.0769. The Labute approximate surface area is 180 Å². The summed E-state index contributed by atoms with van der Waals surface area (Å²) in [6.45, 7) is 0. The van der Waals surface area contributed by atoms with E-state index in [9.17, 15) is 4.79 Å². The Bertz CT molecular complexity index is 1250. The lowest BCUT2D eigenvalue weighted by Gasteiger charge is -2.13. The first kappa shape index (κ1) is 20.2. The van der Waals surface area contributed by atoms with Gasteiger partial charge in [0.15, 0.2) is 17.3 Å². The van der Waals surface area contributed by atoms with Gasteiger partial charge in [-0.25, -0.2) is 0 Å². The van der Waals surface area contributed by atoms with E-state index in [1.54, 1.807) is 56.8 Å². The van der Waals surface area contributed by atoms with Crippen molar-refractivity contribution in [1.29, 1.82) is 0 Å². The largest absolute Gasteiger partial charge is 0.493 e. The highest BCUT2D eigenvalue weighted by atomic mass is 16.5. The Morgan fingerprint density at radius 1 is 0.806 bits per heavy atom. The second-order valence-electron chi connectivity index (χ2n) is 6.74. The fourth-order valence-electron chi connectivity index (χ4n) is 3.24. The van der Waals surface area contributed by atoms with Crippen LogP contribution in [0.5, 0.6) is 23.0 Å². The number of methoxy groups -OCH3 is 2. The van der Waals surface area contributed by atoms with Gasteiger partial charge in [-0.1, -0.05) is 48.5 Å². The smallest absolute Gasteiger partial charge is 0.189 e. The van der Waals surface area contributed by atoms with Crippen LogP contribution in [-0.2, 0) is 0 Å². The maximum atomic E-state index is 12.9. The van der Waals surface area contributed by atoms with Gasteiger partial charge in [-0.3, -0.25) is 9.78 Å². The third-order valence-electron chi connectivity index (χ3n) is 4.81. The average molecular weight is 411 g/mol. The number of rotatable bonds is 7. The normalized spacial score (nSPS) is 10.9. The van der Waals surface area contributed by atoms with Gasteiger partial charge in [0.25, 0.3) is 0 Å². The van der Waals surface area contributed by atoms with E-state index in [0.717, 1.165) is 10.9 Å². The molecule has 31 heavy (non-hydrogen) atoms. The zero-order valence-corrected chi connectivity index (χ0v) is 17.2. The molecule has 0 bridgehead atoms. The molecule has 0 unspecified atom stereocenters. The molecule has 5 nitrogen and oxygen atoms in total. The van der Waals surface area contributed by atoms with Crippen LogP contribution in [-0.4, -0.2) is 25.0 Å². The van der Waals surface area contributed by atoms with Gasteiger partial charge in [-0.05, 0) is 35.9 Å². The van der Waals surface area contributed by atoms with Crippen LogP contribution in [0.2, 0.25) is 0 Å². The van der Waals surface area contributed by atoms with Crippen LogP contribution in [0.4, 0.5) is 0 Å². The van der Waals surface area contributed by atoms with E-state index in [2.05, 4.69) is 4.98 Å². The Hall–Kier alpha value is -4.12. The Morgan fingerprint density at radius 2 is 1.52 bits per heavy atom. The van der Waals surface area contributed by atoms with Gasteiger partial charge in [-0.2, -0.15) is 0 Å². The molecule has 0 amide bonds. The van der Waals surface area contributed by atoms with E-state index in [0.29, 0.717) is 34.1 Å². The molecule has 0 radical (unpaired) electrons. The molecule has 0 atom stereocenters. The minimum atomic E-state index is -0.142. The maximum absolute atomic E-state index is 12.9. The van der Waals surface area contributed by atoms with Gasteiger partial charge in [0.05, 0.1) is 25.3 Å². The summed E-state index contributed by atoms with van der Waals surface area (Å²) in [5.41, 5.74) is 2.12. The van der Waals surface area contributed by atoms with Crippen LogP contribution in [0.25, 0.3) is 17.0 Å². The first-order chi connectivity index (χ1) is 15.2. The first-order valence-corrected chi connectivity index (χ1v) is 9.74. The molecule has 0 N–H and O–H groups in total. The standard InChI is InChI=1S/C26H21NO4/c1-29-25-16-20-21(17-26(25)30-2)27-15-14-24(20)31-23-11-7-6-10-19(23)22(28)13-12-18-8-4-3-5-9-18/h3-17H,1-2H3/b13-12+. The Balaban J connectivity index is 1.68. The number of carbonyl (C=O) groups is 1. The highest BCUT2D eigenvalue weighted by molar-refractivity contribution is 6.08. The number of hydrogen-bond acceptors (Lipinski definition) is 5. The van der Waals surface area contributed by atoms with Crippen molar-refractivity contribution in [3.8, 4) is 23.0 Å². The summed E-state index contributed by atoms with van der Waals surface area (Å²) in [7, 11) is 3.16. The summed E-state index contributed by atoms with van der Waals surface area (Å²) < 4.78 is 17.0. The predicted octanol–water partition coefficient (Wildman–Crippen LogP) is 5.94. The number of fused-ring (bicyclic) bond motifs is 1. The van der Waals surface area contributed by atoms with E-state index in [1.807, 2.05) is 48.5 Å². The van der Waals surface area contributed by atoms with Crippen molar-refractivity contribution in [2.75, 3.05) is 14.2 Å². The van der Waals surface area contributed by atoms with Crippen LogP contribution in [0.15, 0.2) is 85.1 Å². The molecular formula is C26H21NO4. The summed E-state index contributed by atoms with van der Waals surface area (Å²) in [6.07, 6.45) is 5.00. The molecule has 154 valence electrons. The molecule has 4 rings (SSSR count). The Morgan fingerprint density at radius 3 is 2.29 bits per heavy atom. The second-order valence-corrected chi connectivity index (χ2v) is 6.74. The van der Waals surface area contributed by atoms with Crippen molar-refractivity contribution in [3.05, 3.63) is 96.2 Å². The van der Waals surface area contributed by atoms with Crippen molar-refractivity contribution in [1.82, 2.24) is 4.98 Å². The van der Waals surface area contributed by atoms with Crippen molar-refractivity contribution >= 4 is 22.8 Å². The number of carbonyl (C=O) groups excluding carboxylic acids is 1. The SMILES string of the molecule is COc1cc2nccc(Oc3ccccc3C(=O)/C=C/c3ccccc3)c2cc1OC. The number of nitrogens with zero attached hydrogens (tertiary/aromatic N) is 1. The number of hydrogen-bond donors (Lipinski definition) is 0. The average Bonchev–Trinajstić information content (AvgIpc) is 2.83. The van der Waals surface area contributed by atoms with Crippen LogP contribution >= 0.6 is 0 Å². The molecular weight excluding hydrogens is 390 g/mol. The highest BCUT2D eigenvalue weighted by Gasteiger charge is 2.14. The number of aromatic nitrogens is 1. The molecule has 0 fully saturated rings. The summed E-state index contributed by atoms with van der Waals surface area (Å²) in [5, 5.41) is 0.752. The lowest BCUT2D eigenvalue weighted by molar-refractivity contribution is 0.104. The van der Waals surface area contributed by atoms with Crippen LogP contribution in [0, 0.1) is 0 Å². The summed E-state index contributed by atoms with van der Waals surface area (Å²) in [6, 6.07) is 22.2. The summed E-state index contributed by atoms with van der Waals surface area (Å²) in [5.74, 6) is 2.05. The minimum absolute atomic E-state index is 0.142. The monoisotopic (exact) mass is 411 g/mol. The molecule has 0 aliphatic heterocycles. The third-order valence-corrected chi connectivity index (χ3v) is 4.81. The summed E-state index contributed by atoms with van der Waals surface area (Å²) >= 11 is 0. The van der Waals surface area contributed by atoms with Gasteiger partial charge in [-0.15, -0.1) is 0 Å². The van der Waals surface area contributed by atoms with Crippen molar-refractivity contribution in [2.45, 2.75) is 0 Å². The van der Waals surface area contributed by atoms with Gasteiger partial charge >= 0.3 is 0 Å². The minimum Gasteiger partial charge on any atom is -0.493 e. The quantitative estimate of drug-likeness (QED) is 0.278. The molecule has 0 aliphatic carbocycles. The number of allylic oxidation sites excluding steroid dienone is 1. The van der Waals surface area contributed by atoms with E-state index in [-0.39, 0.29) is 5.78 Å². The van der Waals surface area contributed by atoms with Gasteiger partial charge in [0, 0.05) is 17.6 Å². The topological polar surface area (TPSA) is 57.7 Å². The Kier molecular flexibility index (Phi) is 5.94. The first-order valence-electron chi connectivity index (χ1n) is 9.74. The fourth-order valence-corrected chi connectivity index (χ4v) is 3.24. The van der Waals surface area contributed by atoms with Crippen molar-refractivity contribution in [2.24, 2.45) is 0 Å². The molecule has 0 saturated carbocycles. The molecule has 4 aromatic rings. The van der Waals surface area contributed by atoms with Crippen molar-refractivity contribution < 1.29 is 19.0 Å². The highest BCUT2D eigenvalue weighted by Crippen LogP contribution is 2.37. The second kappa shape index (κ2) is 9.13. The molecule has 3 aromatic carbocycles. The number of ether oxygens (including phenoxy) is 3. The number of benzene rings is 3.